The average Bonchev–Trinajstić information content (AvgIpc) is 1.84. The van der Waals surface area contributed by atoms with Crippen molar-refractivity contribution in [3.63, 3.8) is 0 Å². The van der Waals surface area contributed by atoms with Crippen molar-refractivity contribution in [2.24, 2.45) is 0 Å². The summed E-state index contributed by atoms with van der Waals surface area (Å²) in [6.45, 7) is 2.11. The van der Waals surface area contributed by atoms with Crippen LogP contribution in [0.4, 0.5) is 0 Å². The van der Waals surface area contributed by atoms with Crippen molar-refractivity contribution in [2.45, 2.75) is 19.8 Å². The molecule has 0 spiro atoms. The minimum absolute atomic E-state index is 0.547. The molecule has 0 saturated carbocycles. The van der Waals surface area contributed by atoms with E-state index in [1.807, 2.05) is 0 Å². The first kappa shape index (κ1) is 11.2. The normalized spacial score (nSPS) is 11.4. The molecule has 60 valence electrons. The minimum atomic E-state index is -1.50. The maximum Gasteiger partial charge on any atom is 0.109 e. The molecule has 5 heteroatoms. The topological polar surface area (TPSA) is 0 Å². The Hall–Kier alpha value is 1.23. The van der Waals surface area contributed by atoms with Gasteiger partial charge >= 0.3 is 0 Å². The zero-order chi connectivity index (χ0) is 8.20. The standard InChI is InChI=1S/C5H10S5/c1-2-3-4-10(8,9)5(6)7/h2-4H2,1H3,(H,6,7). The highest BCUT2D eigenvalue weighted by Gasteiger charge is 2.03. The second-order valence-electron chi connectivity index (χ2n) is 1.94. The maximum atomic E-state index is 5.11. The van der Waals surface area contributed by atoms with E-state index in [1.54, 1.807) is 0 Å². The van der Waals surface area contributed by atoms with E-state index in [4.69, 9.17) is 34.6 Å². The fourth-order valence-corrected chi connectivity index (χ4v) is 2.50. The lowest BCUT2D eigenvalue weighted by atomic mass is 10.4. The summed E-state index contributed by atoms with van der Waals surface area (Å²) in [5.74, 6) is 0.872. The van der Waals surface area contributed by atoms with E-state index in [1.165, 1.54) is 0 Å². The number of thiocarbonyl (C=S) groups is 1. The Morgan fingerprint density at radius 1 is 1.50 bits per heavy atom. The Balaban J connectivity index is 4.03. The Morgan fingerprint density at radius 3 is 2.30 bits per heavy atom. The Bertz CT molecular complexity index is 200. The third-order valence-corrected chi connectivity index (χ3v) is 7.55. The van der Waals surface area contributed by atoms with Crippen LogP contribution in [0.2, 0.25) is 0 Å². The molecule has 0 atom stereocenters. The fraction of sp³-hybridized carbons (Fsp3) is 0.800. The van der Waals surface area contributed by atoms with Crippen LogP contribution in [0.1, 0.15) is 19.8 Å². The van der Waals surface area contributed by atoms with Crippen LogP contribution < -0.4 is 0 Å². The second-order valence-corrected chi connectivity index (χ2v) is 9.75. The van der Waals surface area contributed by atoms with Crippen molar-refractivity contribution < 1.29 is 0 Å². The van der Waals surface area contributed by atoms with Gasteiger partial charge in [-0.2, -0.15) is 0 Å². The van der Waals surface area contributed by atoms with Crippen LogP contribution in [-0.2, 0) is 29.5 Å². The van der Waals surface area contributed by atoms with E-state index in [2.05, 4.69) is 19.6 Å². The number of hydrogen-bond donors (Lipinski definition) is 1. The summed E-state index contributed by atoms with van der Waals surface area (Å²) in [6, 6.07) is 0. The molecular formula is C5H10S5. The van der Waals surface area contributed by atoms with Gasteiger partial charge in [-0.1, -0.05) is 25.6 Å². The molecule has 0 aromatic carbocycles. The van der Waals surface area contributed by atoms with Crippen molar-refractivity contribution in [1.29, 1.82) is 0 Å². The van der Waals surface area contributed by atoms with Gasteiger partial charge in [0.15, 0.2) is 0 Å². The summed E-state index contributed by atoms with van der Waals surface area (Å²) in [6.07, 6.45) is 2.20. The highest BCUT2D eigenvalue weighted by molar-refractivity contribution is 8.71. The highest BCUT2D eigenvalue weighted by atomic mass is 33.1. The summed E-state index contributed by atoms with van der Waals surface area (Å²) in [7, 11) is -1.50. The smallest absolute Gasteiger partial charge is 0.109 e. The molecule has 0 aliphatic rings. The molecule has 10 heavy (non-hydrogen) atoms. The Kier molecular flexibility index (Phi) is 5.59. The minimum Gasteiger partial charge on any atom is -0.125 e. The van der Waals surface area contributed by atoms with Gasteiger partial charge in [0.05, 0.1) is 0 Å². The summed E-state index contributed by atoms with van der Waals surface area (Å²) < 4.78 is 0.547. The maximum absolute atomic E-state index is 5.11. The zero-order valence-corrected chi connectivity index (χ0v) is 9.86. The van der Waals surface area contributed by atoms with Crippen molar-refractivity contribution in [3.8, 4) is 0 Å². The average molecular weight is 230 g/mol. The molecule has 0 bridgehead atoms. The van der Waals surface area contributed by atoms with E-state index in [0.717, 1.165) is 18.6 Å². The van der Waals surface area contributed by atoms with E-state index in [9.17, 15) is 0 Å². The van der Waals surface area contributed by atoms with Gasteiger partial charge in [0.1, 0.15) is 3.53 Å². The van der Waals surface area contributed by atoms with Gasteiger partial charge in [-0.05, 0) is 35.9 Å². The van der Waals surface area contributed by atoms with Gasteiger partial charge in [-0.15, -0.1) is 12.6 Å². The van der Waals surface area contributed by atoms with Gasteiger partial charge in [0, 0.05) is 5.75 Å². The molecule has 0 saturated heterocycles. The number of thiol groups is 1. The predicted octanol–water partition coefficient (Wildman–Crippen LogP) is 2.08. The molecule has 0 amide bonds. The third-order valence-electron chi connectivity index (χ3n) is 1.03. The molecule has 0 rings (SSSR count). The largest absolute Gasteiger partial charge is 0.125 e. The Morgan fingerprint density at radius 2 is 2.00 bits per heavy atom. The molecule has 0 heterocycles. The summed E-state index contributed by atoms with van der Waals surface area (Å²) in [5.41, 5.74) is 0. The molecule has 0 nitrogen and oxygen atoms in total. The lowest BCUT2D eigenvalue weighted by Crippen LogP contribution is -2.07. The van der Waals surface area contributed by atoms with Crippen molar-refractivity contribution in [2.75, 3.05) is 5.75 Å². The monoisotopic (exact) mass is 230 g/mol. The molecule has 0 unspecified atom stereocenters. The van der Waals surface area contributed by atoms with Gasteiger partial charge in [-0.3, -0.25) is 0 Å². The molecule has 0 aliphatic heterocycles. The van der Waals surface area contributed by atoms with E-state index in [-0.39, 0.29) is 0 Å². The van der Waals surface area contributed by atoms with Gasteiger partial charge in [0.2, 0.25) is 0 Å². The van der Waals surface area contributed by atoms with E-state index >= 15 is 0 Å². The molecule has 0 radical (unpaired) electrons. The predicted molar refractivity (Wildman–Crippen MR) is 63.5 cm³/mol. The van der Waals surface area contributed by atoms with Crippen LogP contribution in [0, 0.1) is 0 Å². The number of rotatable bonds is 3. The second kappa shape index (κ2) is 4.98. The summed E-state index contributed by atoms with van der Waals surface area (Å²) in [5, 5.41) is 0. The number of unbranched alkanes of at least 4 members (excludes halogenated alkanes) is 1. The van der Waals surface area contributed by atoms with Crippen molar-refractivity contribution in [1.82, 2.24) is 0 Å². The molecular weight excluding hydrogens is 220 g/mol. The first-order chi connectivity index (χ1) is 4.50. The van der Waals surface area contributed by atoms with Crippen LogP contribution in [-0.4, -0.2) is 9.28 Å². The first-order valence-corrected chi connectivity index (χ1v) is 7.47. The third kappa shape index (κ3) is 4.18. The lowest BCUT2D eigenvalue weighted by Gasteiger charge is -2.04. The van der Waals surface area contributed by atoms with E-state index < -0.39 is 7.15 Å². The van der Waals surface area contributed by atoms with Gasteiger partial charge in [0.25, 0.3) is 0 Å². The number of hydrogen-bond acceptors (Lipinski definition) is 3. The van der Waals surface area contributed by atoms with Crippen LogP contribution in [0.3, 0.4) is 0 Å². The summed E-state index contributed by atoms with van der Waals surface area (Å²) in [4.78, 5) is 0. The molecule has 0 N–H and O–H groups in total. The van der Waals surface area contributed by atoms with Crippen LogP contribution >= 0.6 is 24.8 Å². The quantitative estimate of drug-likeness (QED) is 0.583. The Labute approximate surface area is 83.0 Å². The van der Waals surface area contributed by atoms with Crippen LogP contribution in [0.25, 0.3) is 0 Å². The highest BCUT2D eigenvalue weighted by Crippen LogP contribution is 2.04. The first-order valence-electron chi connectivity index (χ1n) is 2.96. The molecule has 0 aliphatic carbocycles. The van der Waals surface area contributed by atoms with Crippen molar-refractivity contribution in [3.05, 3.63) is 0 Å². The molecule has 0 aromatic rings. The van der Waals surface area contributed by atoms with Gasteiger partial charge in [-0.25, -0.2) is 0 Å². The van der Waals surface area contributed by atoms with E-state index in [0.29, 0.717) is 3.53 Å². The van der Waals surface area contributed by atoms with Crippen LogP contribution in [0.15, 0.2) is 0 Å². The molecule has 0 aromatic heterocycles. The van der Waals surface area contributed by atoms with Crippen molar-refractivity contribution >= 4 is 57.9 Å². The molecule has 0 fully saturated rings. The van der Waals surface area contributed by atoms with Crippen LogP contribution in [0.5, 0.6) is 0 Å². The lowest BCUT2D eigenvalue weighted by molar-refractivity contribution is 0.897. The SMILES string of the molecule is CCCCS(=S)(=S)C(=S)S. The fourth-order valence-electron chi connectivity index (χ4n) is 0.422. The van der Waals surface area contributed by atoms with Gasteiger partial charge < -0.3 is 0 Å². The zero-order valence-electron chi connectivity index (χ0n) is 5.70. The summed E-state index contributed by atoms with van der Waals surface area (Å²) >= 11 is 19.1.